The van der Waals surface area contributed by atoms with Crippen LogP contribution in [-0.2, 0) is 15.1 Å². The molecule has 2 fully saturated rings. The Labute approximate surface area is 238 Å². The molecule has 4 aromatic rings. The van der Waals surface area contributed by atoms with Crippen LogP contribution in [0.2, 0.25) is 0 Å². The summed E-state index contributed by atoms with van der Waals surface area (Å²) in [6, 6.07) is 14.9. The third-order valence-corrected chi connectivity index (χ3v) is 8.54. The van der Waals surface area contributed by atoms with E-state index in [2.05, 4.69) is 15.3 Å². The zero-order chi connectivity index (χ0) is 28.6. The molecular weight excluding hydrogens is 521 g/mol. The molecule has 3 heterocycles. The number of rotatable bonds is 9. The van der Waals surface area contributed by atoms with Gasteiger partial charge in [0.15, 0.2) is 0 Å². The first-order valence-electron chi connectivity index (χ1n) is 14.1. The van der Waals surface area contributed by atoms with Crippen LogP contribution in [0.3, 0.4) is 0 Å². The lowest BCUT2D eigenvalue weighted by atomic mass is 9.79. The second-order valence-electron chi connectivity index (χ2n) is 11.2. The molecule has 6 rings (SSSR count). The zero-order valence-corrected chi connectivity index (χ0v) is 23.0. The maximum atomic E-state index is 15.1. The molecule has 3 atom stereocenters. The molecule has 2 aromatic heterocycles. The number of nitrogens with two attached hydrogens (primary N) is 1. The van der Waals surface area contributed by atoms with Crippen molar-refractivity contribution in [1.82, 2.24) is 14.9 Å². The SMILES string of the molecule is CO[C@@H]1C[C@H](C(=O)Nc2cc(C(N)(CCC3CC3)c3ccncc3)ccc2F)N(C(=O)c2ccc3cc[nH]c3c2)C1. The Morgan fingerprint density at radius 2 is 1.93 bits per heavy atom. The van der Waals surface area contributed by atoms with Crippen molar-refractivity contribution >= 4 is 28.4 Å². The lowest BCUT2D eigenvalue weighted by Crippen LogP contribution is -2.43. The summed E-state index contributed by atoms with van der Waals surface area (Å²) in [7, 11) is 1.56. The van der Waals surface area contributed by atoms with Crippen LogP contribution in [0.5, 0.6) is 0 Å². The summed E-state index contributed by atoms with van der Waals surface area (Å²) in [5, 5.41) is 3.75. The van der Waals surface area contributed by atoms with E-state index in [9.17, 15) is 9.59 Å². The third kappa shape index (κ3) is 5.47. The highest BCUT2D eigenvalue weighted by Crippen LogP contribution is 2.40. The van der Waals surface area contributed by atoms with E-state index >= 15 is 4.39 Å². The fourth-order valence-corrected chi connectivity index (χ4v) is 5.85. The Kier molecular flexibility index (Phi) is 7.32. The van der Waals surface area contributed by atoms with Gasteiger partial charge in [0.1, 0.15) is 11.9 Å². The normalized spacial score (nSPS) is 20.2. The van der Waals surface area contributed by atoms with Crippen molar-refractivity contribution in [2.75, 3.05) is 19.0 Å². The van der Waals surface area contributed by atoms with Gasteiger partial charge in [-0.1, -0.05) is 25.0 Å². The van der Waals surface area contributed by atoms with Gasteiger partial charge in [-0.2, -0.15) is 0 Å². The summed E-state index contributed by atoms with van der Waals surface area (Å²) >= 11 is 0. The number of ether oxygens (including phenoxy) is 1. The minimum atomic E-state index is -0.869. The molecule has 1 unspecified atom stereocenters. The Balaban J connectivity index is 1.26. The average Bonchev–Trinajstić information content (AvgIpc) is 3.53. The topological polar surface area (TPSA) is 113 Å². The minimum Gasteiger partial charge on any atom is -0.380 e. The van der Waals surface area contributed by atoms with Crippen LogP contribution in [0.4, 0.5) is 10.1 Å². The number of anilines is 1. The van der Waals surface area contributed by atoms with Gasteiger partial charge >= 0.3 is 0 Å². The zero-order valence-electron chi connectivity index (χ0n) is 23.0. The van der Waals surface area contributed by atoms with Crippen molar-refractivity contribution in [3.8, 4) is 0 Å². The average molecular weight is 556 g/mol. The van der Waals surface area contributed by atoms with E-state index < -0.39 is 23.3 Å². The lowest BCUT2D eigenvalue weighted by molar-refractivity contribution is -0.119. The molecule has 0 spiro atoms. The molecule has 1 aliphatic heterocycles. The lowest BCUT2D eigenvalue weighted by Gasteiger charge is -2.31. The summed E-state index contributed by atoms with van der Waals surface area (Å²) in [4.78, 5) is 35.9. The predicted molar refractivity (Wildman–Crippen MR) is 155 cm³/mol. The first-order chi connectivity index (χ1) is 19.9. The van der Waals surface area contributed by atoms with Gasteiger partial charge in [-0.15, -0.1) is 0 Å². The van der Waals surface area contributed by atoms with Crippen molar-refractivity contribution in [2.24, 2.45) is 11.7 Å². The molecule has 4 N–H and O–H groups in total. The second kappa shape index (κ2) is 11.1. The molecule has 1 saturated heterocycles. The van der Waals surface area contributed by atoms with E-state index in [0.29, 0.717) is 29.9 Å². The maximum absolute atomic E-state index is 15.1. The van der Waals surface area contributed by atoms with Crippen molar-refractivity contribution < 1.29 is 18.7 Å². The number of hydrogen-bond acceptors (Lipinski definition) is 5. The molecule has 2 aliphatic rings. The fourth-order valence-electron chi connectivity index (χ4n) is 5.85. The number of fused-ring (bicyclic) bond motifs is 1. The van der Waals surface area contributed by atoms with Crippen molar-refractivity contribution in [3.05, 3.63) is 95.7 Å². The number of likely N-dealkylation sites (tertiary alicyclic amines) is 1. The Bertz CT molecular complexity index is 1570. The molecule has 2 amide bonds. The minimum absolute atomic E-state index is 0.0314. The largest absolute Gasteiger partial charge is 0.380 e. The van der Waals surface area contributed by atoms with E-state index in [-0.39, 0.29) is 24.2 Å². The number of nitrogens with one attached hydrogen (secondary N) is 2. The first-order valence-corrected chi connectivity index (χ1v) is 14.1. The van der Waals surface area contributed by atoms with Crippen molar-refractivity contribution in [3.63, 3.8) is 0 Å². The predicted octanol–water partition coefficient (Wildman–Crippen LogP) is 4.96. The molecule has 1 saturated carbocycles. The second-order valence-corrected chi connectivity index (χ2v) is 11.2. The number of halogens is 1. The number of aromatic nitrogens is 2. The van der Waals surface area contributed by atoms with Gasteiger partial charge in [0.2, 0.25) is 5.91 Å². The van der Waals surface area contributed by atoms with E-state index in [1.807, 2.05) is 30.5 Å². The van der Waals surface area contributed by atoms with Gasteiger partial charge in [-0.3, -0.25) is 14.6 Å². The summed E-state index contributed by atoms with van der Waals surface area (Å²) in [6.07, 6.45) is 9.26. The van der Waals surface area contributed by atoms with Crippen LogP contribution in [0.25, 0.3) is 10.9 Å². The number of amides is 2. The molecule has 0 radical (unpaired) electrons. The molecule has 2 aromatic carbocycles. The summed E-state index contributed by atoms with van der Waals surface area (Å²) in [5.74, 6) is -0.664. The number of H-pyrrole nitrogens is 1. The highest BCUT2D eigenvalue weighted by Gasteiger charge is 2.41. The molecule has 1 aliphatic carbocycles. The first kappa shape index (κ1) is 27.1. The van der Waals surface area contributed by atoms with Crippen molar-refractivity contribution in [2.45, 2.75) is 49.8 Å². The van der Waals surface area contributed by atoms with Gasteiger partial charge in [-0.05, 0) is 77.7 Å². The molecular formula is C32H34FN5O3. The van der Waals surface area contributed by atoms with Crippen LogP contribution in [0.1, 0.15) is 53.6 Å². The van der Waals surface area contributed by atoms with Gasteiger partial charge in [0.25, 0.3) is 5.91 Å². The van der Waals surface area contributed by atoms with Crippen LogP contribution in [-0.4, -0.2) is 52.5 Å². The summed E-state index contributed by atoms with van der Waals surface area (Å²) in [6.45, 7) is 0.258. The number of carbonyl (C=O) groups excluding carboxylic acids is 2. The number of nitrogens with zero attached hydrogens (tertiary/aromatic N) is 2. The van der Waals surface area contributed by atoms with Crippen LogP contribution < -0.4 is 11.1 Å². The number of carbonyl (C=O) groups is 2. The van der Waals surface area contributed by atoms with Crippen molar-refractivity contribution in [1.29, 1.82) is 0 Å². The summed E-state index contributed by atoms with van der Waals surface area (Å²) in [5.41, 5.74) is 9.09. The number of hydrogen-bond donors (Lipinski definition) is 3. The molecule has 41 heavy (non-hydrogen) atoms. The van der Waals surface area contributed by atoms with Gasteiger partial charge in [0, 0.05) is 49.7 Å². The van der Waals surface area contributed by atoms with Gasteiger partial charge < -0.3 is 25.7 Å². The van der Waals surface area contributed by atoms with Gasteiger partial charge in [0.05, 0.1) is 17.3 Å². The number of benzene rings is 2. The number of pyridine rings is 1. The Morgan fingerprint density at radius 1 is 1.12 bits per heavy atom. The highest BCUT2D eigenvalue weighted by molar-refractivity contribution is 6.03. The molecule has 0 bridgehead atoms. The van der Waals surface area contributed by atoms with Gasteiger partial charge in [-0.25, -0.2) is 4.39 Å². The fraction of sp³-hybridized carbons (Fsp3) is 0.344. The van der Waals surface area contributed by atoms with E-state index in [0.717, 1.165) is 22.9 Å². The number of methoxy groups -OCH3 is 1. The Morgan fingerprint density at radius 3 is 2.68 bits per heavy atom. The maximum Gasteiger partial charge on any atom is 0.254 e. The van der Waals surface area contributed by atoms with Crippen LogP contribution >= 0.6 is 0 Å². The number of aromatic amines is 1. The quantitative estimate of drug-likeness (QED) is 0.270. The standard InChI is InChI=1S/C32H34FN5O3/c1-41-25-18-29(38(19-25)31(40)22-5-4-21-9-15-36-27(21)16-22)30(39)37-28-17-24(6-7-26(28)33)32(34,12-8-20-2-3-20)23-10-13-35-14-11-23/h4-7,9-11,13-17,20,25,29,36H,2-3,8,12,18-19,34H2,1H3,(H,37,39)/t25-,29-,32?/m1/s1. The van der Waals surface area contributed by atoms with Crippen LogP contribution in [0, 0.1) is 11.7 Å². The Hall–Kier alpha value is -4.08. The van der Waals surface area contributed by atoms with E-state index in [1.54, 1.807) is 43.8 Å². The highest BCUT2D eigenvalue weighted by atomic mass is 19.1. The molecule has 212 valence electrons. The van der Waals surface area contributed by atoms with Crippen LogP contribution in [0.15, 0.2) is 73.2 Å². The van der Waals surface area contributed by atoms with E-state index in [4.69, 9.17) is 10.5 Å². The third-order valence-electron chi connectivity index (χ3n) is 8.54. The summed E-state index contributed by atoms with van der Waals surface area (Å²) < 4.78 is 20.7. The van der Waals surface area contributed by atoms with E-state index in [1.165, 1.54) is 23.8 Å². The molecule has 9 heteroatoms. The monoisotopic (exact) mass is 555 g/mol. The molecule has 8 nitrogen and oxygen atoms in total. The smallest absolute Gasteiger partial charge is 0.254 e.